The van der Waals surface area contributed by atoms with Crippen molar-refractivity contribution in [2.24, 2.45) is 0 Å². The van der Waals surface area contributed by atoms with Crippen LogP contribution >= 0.6 is 0 Å². The van der Waals surface area contributed by atoms with Gasteiger partial charge in [-0.1, -0.05) is 18.2 Å². The molecular weight excluding hydrogens is 384 g/mol. The number of hydrogen-bond acceptors (Lipinski definition) is 5. The molecule has 1 atom stereocenters. The van der Waals surface area contributed by atoms with E-state index in [0.29, 0.717) is 42.8 Å². The van der Waals surface area contributed by atoms with Gasteiger partial charge in [-0.3, -0.25) is 29.1 Å². The van der Waals surface area contributed by atoms with E-state index in [2.05, 4.69) is 10.3 Å². The Morgan fingerprint density at radius 3 is 2.17 bits per heavy atom. The van der Waals surface area contributed by atoms with Crippen LogP contribution in [0.15, 0.2) is 48.7 Å². The minimum Gasteiger partial charge on any atom is -0.348 e. The number of hydrogen-bond donors (Lipinski definition) is 1. The summed E-state index contributed by atoms with van der Waals surface area (Å²) in [6.45, 7) is 2.47. The van der Waals surface area contributed by atoms with Crippen molar-refractivity contribution in [3.05, 3.63) is 65.5 Å². The Hall–Kier alpha value is -3.55. The summed E-state index contributed by atoms with van der Waals surface area (Å²) in [7, 11) is 0. The predicted molar refractivity (Wildman–Crippen MR) is 108 cm³/mol. The van der Waals surface area contributed by atoms with Crippen molar-refractivity contribution >= 4 is 23.6 Å². The van der Waals surface area contributed by atoms with E-state index in [-0.39, 0.29) is 17.9 Å². The molecule has 0 bridgehead atoms. The molecule has 0 radical (unpaired) electrons. The van der Waals surface area contributed by atoms with Crippen LogP contribution < -0.4 is 5.32 Å². The molecule has 0 aliphatic carbocycles. The summed E-state index contributed by atoms with van der Waals surface area (Å²) in [6, 6.07) is 10.8. The van der Waals surface area contributed by atoms with E-state index in [4.69, 9.17) is 0 Å². The third kappa shape index (κ3) is 3.56. The van der Waals surface area contributed by atoms with Crippen molar-refractivity contribution in [3.63, 3.8) is 0 Å². The van der Waals surface area contributed by atoms with Gasteiger partial charge in [0.15, 0.2) is 0 Å². The van der Waals surface area contributed by atoms with Crippen LogP contribution in [0.2, 0.25) is 0 Å². The van der Waals surface area contributed by atoms with Crippen molar-refractivity contribution < 1.29 is 19.2 Å². The molecule has 0 saturated carbocycles. The van der Waals surface area contributed by atoms with Gasteiger partial charge in [-0.05, 0) is 44.0 Å². The van der Waals surface area contributed by atoms with Crippen LogP contribution in [0.3, 0.4) is 0 Å². The fourth-order valence-corrected chi connectivity index (χ4v) is 3.93. The standard InChI is InChI=1S/C22H22N4O4/c1-14(26-21(29)16-6-2-3-7-17(16)22(26)30)20(28)25-12-9-15(10-13-25)24-19(27)18-8-4-5-11-23-18/h2-8,11,14-15H,9-10,12-13H2,1H3,(H,24,27). The highest BCUT2D eigenvalue weighted by Crippen LogP contribution is 2.25. The molecule has 30 heavy (non-hydrogen) atoms. The Balaban J connectivity index is 1.35. The highest BCUT2D eigenvalue weighted by molar-refractivity contribution is 6.22. The zero-order valence-corrected chi connectivity index (χ0v) is 16.6. The first-order chi connectivity index (χ1) is 14.5. The Morgan fingerprint density at radius 1 is 1.00 bits per heavy atom. The first-order valence-corrected chi connectivity index (χ1v) is 9.95. The molecule has 4 amide bonds. The molecule has 1 aromatic heterocycles. The summed E-state index contributed by atoms with van der Waals surface area (Å²) in [5.41, 5.74) is 1.02. The van der Waals surface area contributed by atoms with Gasteiger partial charge in [0.2, 0.25) is 5.91 Å². The molecular formula is C22H22N4O4. The first-order valence-electron chi connectivity index (χ1n) is 9.95. The second-order valence-corrected chi connectivity index (χ2v) is 7.49. The summed E-state index contributed by atoms with van der Waals surface area (Å²) in [5, 5.41) is 2.95. The molecule has 8 heteroatoms. The number of nitrogens with zero attached hydrogens (tertiary/aromatic N) is 3. The second kappa shape index (κ2) is 8.06. The third-order valence-corrected chi connectivity index (χ3v) is 5.61. The van der Waals surface area contributed by atoms with Crippen molar-refractivity contribution in [1.82, 2.24) is 20.1 Å². The van der Waals surface area contributed by atoms with Crippen LogP contribution in [0.25, 0.3) is 0 Å². The average Bonchev–Trinajstić information content (AvgIpc) is 3.04. The maximum Gasteiger partial charge on any atom is 0.270 e. The molecule has 154 valence electrons. The van der Waals surface area contributed by atoms with Crippen LogP contribution in [-0.2, 0) is 4.79 Å². The topological polar surface area (TPSA) is 99.7 Å². The van der Waals surface area contributed by atoms with E-state index in [9.17, 15) is 19.2 Å². The van der Waals surface area contributed by atoms with Crippen molar-refractivity contribution in [1.29, 1.82) is 0 Å². The van der Waals surface area contributed by atoms with Gasteiger partial charge in [0.1, 0.15) is 11.7 Å². The fourth-order valence-electron chi connectivity index (χ4n) is 3.93. The highest BCUT2D eigenvalue weighted by atomic mass is 16.2. The summed E-state index contributed by atoms with van der Waals surface area (Å²) in [5.74, 6) is -1.37. The van der Waals surface area contributed by atoms with Crippen LogP contribution in [0, 0.1) is 0 Å². The Kier molecular flexibility index (Phi) is 5.31. The van der Waals surface area contributed by atoms with Gasteiger partial charge in [-0.15, -0.1) is 0 Å². The number of piperidine rings is 1. The number of rotatable bonds is 4. The predicted octanol–water partition coefficient (Wildman–Crippen LogP) is 1.49. The molecule has 1 N–H and O–H groups in total. The summed E-state index contributed by atoms with van der Waals surface area (Å²) < 4.78 is 0. The molecule has 2 aliphatic rings. The Morgan fingerprint density at radius 2 is 1.60 bits per heavy atom. The number of carbonyl (C=O) groups excluding carboxylic acids is 4. The number of nitrogens with one attached hydrogen (secondary N) is 1. The molecule has 1 saturated heterocycles. The molecule has 8 nitrogen and oxygen atoms in total. The SMILES string of the molecule is CC(C(=O)N1CCC(NC(=O)c2ccccn2)CC1)N1C(=O)c2ccccc2C1=O. The number of likely N-dealkylation sites (tertiary alicyclic amines) is 1. The quantitative estimate of drug-likeness (QED) is 0.776. The van der Waals surface area contributed by atoms with E-state index >= 15 is 0 Å². The molecule has 1 unspecified atom stereocenters. The van der Waals surface area contributed by atoms with E-state index in [1.807, 2.05) is 0 Å². The minimum atomic E-state index is -0.878. The number of amides is 4. The van der Waals surface area contributed by atoms with Gasteiger partial charge < -0.3 is 10.2 Å². The molecule has 2 aromatic rings. The summed E-state index contributed by atoms with van der Waals surface area (Å²) in [6.07, 6.45) is 2.76. The van der Waals surface area contributed by atoms with E-state index < -0.39 is 17.9 Å². The molecule has 4 rings (SSSR count). The monoisotopic (exact) mass is 406 g/mol. The molecule has 1 fully saturated rings. The van der Waals surface area contributed by atoms with E-state index in [1.54, 1.807) is 60.5 Å². The fraction of sp³-hybridized carbons (Fsp3) is 0.318. The normalized spacial score (nSPS) is 17.6. The van der Waals surface area contributed by atoms with Gasteiger partial charge in [0, 0.05) is 25.3 Å². The molecule has 1 aromatic carbocycles. The largest absolute Gasteiger partial charge is 0.348 e. The summed E-state index contributed by atoms with van der Waals surface area (Å²) >= 11 is 0. The highest BCUT2D eigenvalue weighted by Gasteiger charge is 2.42. The van der Waals surface area contributed by atoms with Crippen LogP contribution in [0.1, 0.15) is 51.0 Å². The number of benzene rings is 1. The van der Waals surface area contributed by atoms with Crippen molar-refractivity contribution in [2.45, 2.75) is 31.8 Å². The van der Waals surface area contributed by atoms with Gasteiger partial charge in [-0.2, -0.15) is 0 Å². The number of fused-ring (bicyclic) bond motifs is 1. The average molecular weight is 406 g/mol. The number of pyridine rings is 1. The first kappa shape index (κ1) is 19.8. The van der Waals surface area contributed by atoms with Gasteiger partial charge in [0.25, 0.3) is 17.7 Å². The number of carbonyl (C=O) groups is 4. The molecule has 2 aliphatic heterocycles. The molecule has 3 heterocycles. The lowest BCUT2D eigenvalue weighted by Crippen LogP contribution is -2.53. The lowest BCUT2D eigenvalue weighted by Gasteiger charge is -2.35. The zero-order chi connectivity index (χ0) is 21.3. The zero-order valence-electron chi connectivity index (χ0n) is 16.6. The van der Waals surface area contributed by atoms with E-state index in [1.165, 1.54) is 0 Å². The van der Waals surface area contributed by atoms with Crippen LogP contribution in [0.5, 0.6) is 0 Å². The van der Waals surface area contributed by atoms with E-state index in [0.717, 1.165) is 4.90 Å². The summed E-state index contributed by atoms with van der Waals surface area (Å²) in [4.78, 5) is 57.2. The van der Waals surface area contributed by atoms with Crippen molar-refractivity contribution in [2.75, 3.05) is 13.1 Å². The van der Waals surface area contributed by atoms with Gasteiger partial charge in [0.05, 0.1) is 11.1 Å². The van der Waals surface area contributed by atoms with Crippen molar-refractivity contribution in [3.8, 4) is 0 Å². The second-order valence-electron chi connectivity index (χ2n) is 7.49. The van der Waals surface area contributed by atoms with Gasteiger partial charge in [-0.25, -0.2) is 0 Å². The van der Waals surface area contributed by atoms with Gasteiger partial charge >= 0.3 is 0 Å². The lowest BCUT2D eigenvalue weighted by atomic mass is 10.0. The third-order valence-electron chi connectivity index (χ3n) is 5.61. The maximum atomic E-state index is 13.0. The van der Waals surface area contributed by atoms with Crippen LogP contribution in [-0.4, -0.2) is 63.6 Å². The Bertz CT molecular complexity index is 964. The maximum absolute atomic E-state index is 13.0. The Labute approximate surface area is 173 Å². The minimum absolute atomic E-state index is 0.0573. The van der Waals surface area contributed by atoms with Crippen LogP contribution in [0.4, 0.5) is 0 Å². The molecule has 0 spiro atoms. The number of aromatic nitrogens is 1. The lowest BCUT2D eigenvalue weighted by molar-refractivity contribution is -0.136. The number of imide groups is 1. The smallest absolute Gasteiger partial charge is 0.270 e.